The lowest BCUT2D eigenvalue weighted by Gasteiger charge is -2.16. The van der Waals surface area contributed by atoms with Gasteiger partial charge >= 0.3 is 0 Å². The van der Waals surface area contributed by atoms with Crippen molar-refractivity contribution >= 4 is 16.7 Å². The molecule has 3 aromatic rings. The second-order valence-corrected chi connectivity index (χ2v) is 5.80. The molecule has 25 heavy (non-hydrogen) atoms. The molecule has 0 fully saturated rings. The van der Waals surface area contributed by atoms with Crippen LogP contribution in [0.1, 0.15) is 12.5 Å². The van der Waals surface area contributed by atoms with Crippen molar-refractivity contribution in [1.82, 2.24) is 5.32 Å². The van der Waals surface area contributed by atoms with Gasteiger partial charge in [-0.15, -0.1) is 0 Å². The number of benzene rings is 3. The topological polar surface area (TPSA) is 47.6 Å². The number of hydrogen-bond acceptors (Lipinski definition) is 3. The maximum atomic E-state index is 12.3. The van der Waals surface area contributed by atoms with Crippen molar-refractivity contribution < 1.29 is 14.3 Å². The highest BCUT2D eigenvalue weighted by Gasteiger charge is 2.15. The number of amides is 1. The molecule has 1 N–H and O–H groups in total. The Morgan fingerprint density at radius 1 is 1.00 bits per heavy atom. The maximum Gasteiger partial charge on any atom is 0.261 e. The second kappa shape index (κ2) is 7.71. The van der Waals surface area contributed by atoms with Gasteiger partial charge in [-0.25, -0.2) is 0 Å². The minimum atomic E-state index is -0.595. The number of nitrogens with one attached hydrogen (secondary N) is 1. The monoisotopic (exact) mass is 335 g/mol. The van der Waals surface area contributed by atoms with E-state index in [-0.39, 0.29) is 5.91 Å². The molecule has 1 atom stereocenters. The lowest BCUT2D eigenvalue weighted by molar-refractivity contribution is -0.127. The van der Waals surface area contributed by atoms with Gasteiger partial charge in [0.15, 0.2) is 6.10 Å². The van der Waals surface area contributed by atoms with Crippen LogP contribution in [0.5, 0.6) is 11.5 Å². The first-order valence-electron chi connectivity index (χ1n) is 8.22. The highest BCUT2D eigenvalue weighted by Crippen LogP contribution is 2.20. The molecule has 3 rings (SSSR count). The molecule has 0 aliphatic heterocycles. The van der Waals surface area contributed by atoms with Crippen LogP contribution in [0, 0.1) is 0 Å². The number of fused-ring (bicyclic) bond motifs is 1. The van der Waals surface area contributed by atoms with Crippen molar-refractivity contribution in [3.05, 3.63) is 72.3 Å². The summed E-state index contributed by atoms with van der Waals surface area (Å²) in [6, 6.07) is 21.4. The van der Waals surface area contributed by atoms with Gasteiger partial charge in [-0.1, -0.05) is 48.5 Å². The molecule has 0 bridgehead atoms. The Morgan fingerprint density at radius 2 is 1.72 bits per heavy atom. The zero-order valence-electron chi connectivity index (χ0n) is 14.4. The largest absolute Gasteiger partial charge is 0.497 e. The minimum Gasteiger partial charge on any atom is -0.497 e. The molecular formula is C21H21NO3. The van der Waals surface area contributed by atoms with Crippen molar-refractivity contribution in [3.8, 4) is 11.5 Å². The second-order valence-electron chi connectivity index (χ2n) is 5.80. The van der Waals surface area contributed by atoms with Crippen LogP contribution in [-0.4, -0.2) is 19.1 Å². The summed E-state index contributed by atoms with van der Waals surface area (Å²) in [5.41, 5.74) is 1.08. The minimum absolute atomic E-state index is 0.157. The third kappa shape index (κ3) is 4.10. The molecule has 0 saturated carbocycles. The number of carbonyl (C=O) groups excluding carboxylic acids is 1. The number of methoxy groups -OCH3 is 1. The van der Waals surface area contributed by atoms with Gasteiger partial charge in [0, 0.05) is 12.6 Å². The van der Waals surface area contributed by atoms with E-state index < -0.39 is 6.10 Å². The van der Waals surface area contributed by atoms with Crippen LogP contribution >= 0.6 is 0 Å². The van der Waals surface area contributed by atoms with Gasteiger partial charge in [-0.05, 0) is 35.4 Å². The van der Waals surface area contributed by atoms with Gasteiger partial charge in [0.2, 0.25) is 0 Å². The van der Waals surface area contributed by atoms with Crippen molar-refractivity contribution in [2.45, 2.75) is 19.6 Å². The van der Waals surface area contributed by atoms with E-state index in [1.165, 1.54) is 0 Å². The summed E-state index contributed by atoms with van der Waals surface area (Å²) < 4.78 is 10.9. The van der Waals surface area contributed by atoms with E-state index in [0.717, 1.165) is 16.3 Å². The lowest BCUT2D eigenvalue weighted by Crippen LogP contribution is -2.35. The smallest absolute Gasteiger partial charge is 0.261 e. The summed E-state index contributed by atoms with van der Waals surface area (Å²) in [7, 11) is 1.60. The predicted molar refractivity (Wildman–Crippen MR) is 98.9 cm³/mol. The summed E-state index contributed by atoms with van der Waals surface area (Å²) in [6.07, 6.45) is -0.595. The van der Waals surface area contributed by atoms with Crippen LogP contribution in [-0.2, 0) is 11.3 Å². The third-order valence-electron chi connectivity index (χ3n) is 4.06. The van der Waals surface area contributed by atoms with Gasteiger partial charge < -0.3 is 14.8 Å². The Balaban J connectivity index is 1.63. The Labute approximate surface area is 147 Å². The molecule has 0 aliphatic rings. The Kier molecular flexibility index (Phi) is 5.19. The molecule has 4 nitrogen and oxygen atoms in total. The first-order valence-corrected chi connectivity index (χ1v) is 8.22. The average Bonchev–Trinajstić information content (AvgIpc) is 2.66. The fourth-order valence-electron chi connectivity index (χ4n) is 2.70. The Bertz CT molecular complexity index is 870. The molecular weight excluding hydrogens is 314 g/mol. The average molecular weight is 335 g/mol. The first kappa shape index (κ1) is 16.8. The number of rotatable bonds is 6. The van der Waals surface area contributed by atoms with E-state index in [4.69, 9.17) is 9.47 Å². The van der Waals surface area contributed by atoms with Crippen molar-refractivity contribution in [3.63, 3.8) is 0 Å². The zero-order valence-corrected chi connectivity index (χ0v) is 14.4. The standard InChI is InChI=1S/C21H21NO3/c1-15(25-19-11-6-10-18(13-19)24-2)21(23)22-14-17-9-5-8-16-7-3-4-12-20(16)17/h3-13,15H,14H2,1-2H3,(H,22,23)/t15-/m1/s1. The van der Waals surface area contributed by atoms with E-state index in [0.29, 0.717) is 18.0 Å². The number of ether oxygens (including phenoxy) is 2. The quantitative estimate of drug-likeness (QED) is 0.742. The van der Waals surface area contributed by atoms with E-state index in [2.05, 4.69) is 23.5 Å². The molecule has 0 spiro atoms. The lowest BCUT2D eigenvalue weighted by atomic mass is 10.0. The molecule has 0 unspecified atom stereocenters. The molecule has 0 radical (unpaired) electrons. The van der Waals surface area contributed by atoms with Crippen LogP contribution in [0.4, 0.5) is 0 Å². The molecule has 4 heteroatoms. The van der Waals surface area contributed by atoms with Crippen molar-refractivity contribution in [2.24, 2.45) is 0 Å². The van der Waals surface area contributed by atoms with Crippen LogP contribution in [0.25, 0.3) is 10.8 Å². The van der Waals surface area contributed by atoms with E-state index in [1.54, 1.807) is 26.2 Å². The molecule has 0 aliphatic carbocycles. The van der Waals surface area contributed by atoms with E-state index in [1.807, 2.05) is 36.4 Å². The zero-order chi connectivity index (χ0) is 17.6. The number of carbonyl (C=O) groups is 1. The number of hydrogen-bond donors (Lipinski definition) is 1. The van der Waals surface area contributed by atoms with Crippen LogP contribution in [0.2, 0.25) is 0 Å². The fourth-order valence-corrected chi connectivity index (χ4v) is 2.70. The van der Waals surface area contributed by atoms with E-state index >= 15 is 0 Å². The highest BCUT2D eigenvalue weighted by atomic mass is 16.5. The van der Waals surface area contributed by atoms with Crippen molar-refractivity contribution in [1.29, 1.82) is 0 Å². The van der Waals surface area contributed by atoms with Crippen LogP contribution in [0.3, 0.4) is 0 Å². The Hall–Kier alpha value is -3.01. The molecule has 0 saturated heterocycles. The van der Waals surface area contributed by atoms with E-state index in [9.17, 15) is 4.79 Å². The van der Waals surface area contributed by atoms with Gasteiger partial charge in [-0.2, -0.15) is 0 Å². The maximum absolute atomic E-state index is 12.3. The summed E-state index contributed by atoms with van der Waals surface area (Å²) in [5, 5.41) is 5.25. The SMILES string of the molecule is COc1cccc(O[C@H](C)C(=O)NCc2cccc3ccccc23)c1. The van der Waals surface area contributed by atoms with Gasteiger partial charge in [0.25, 0.3) is 5.91 Å². The third-order valence-corrected chi connectivity index (χ3v) is 4.06. The van der Waals surface area contributed by atoms with Gasteiger partial charge in [0.1, 0.15) is 11.5 Å². The van der Waals surface area contributed by atoms with Gasteiger partial charge in [0.05, 0.1) is 7.11 Å². The predicted octanol–water partition coefficient (Wildman–Crippen LogP) is 3.93. The molecule has 3 aromatic carbocycles. The summed E-state index contributed by atoms with van der Waals surface area (Å²) in [4.78, 5) is 12.3. The molecule has 0 aromatic heterocycles. The normalized spacial score (nSPS) is 11.8. The van der Waals surface area contributed by atoms with Crippen LogP contribution < -0.4 is 14.8 Å². The summed E-state index contributed by atoms with van der Waals surface area (Å²) in [6.45, 7) is 2.20. The molecule has 0 heterocycles. The molecule has 128 valence electrons. The van der Waals surface area contributed by atoms with Gasteiger partial charge in [-0.3, -0.25) is 4.79 Å². The highest BCUT2D eigenvalue weighted by molar-refractivity contribution is 5.86. The first-order chi connectivity index (χ1) is 12.2. The van der Waals surface area contributed by atoms with Crippen molar-refractivity contribution in [2.75, 3.05) is 7.11 Å². The summed E-state index contributed by atoms with van der Waals surface area (Å²) >= 11 is 0. The molecule has 1 amide bonds. The van der Waals surface area contributed by atoms with Crippen LogP contribution in [0.15, 0.2) is 66.7 Å². The summed E-state index contributed by atoms with van der Waals surface area (Å²) in [5.74, 6) is 1.14. The Morgan fingerprint density at radius 3 is 2.56 bits per heavy atom. The fraction of sp³-hybridized carbons (Fsp3) is 0.190.